The fourth-order valence-corrected chi connectivity index (χ4v) is 3.10. The molecule has 0 saturated carbocycles. The number of fused-ring (bicyclic) bond motifs is 1. The van der Waals surface area contributed by atoms with E-state index in [1.807, 2.05) is 41.8 Å². The summed E-state index contributed by atoms with van der Waals surface area (Å²) in [6.45, 7) is 0.470. The number of hydrogen-bond donors (Lipinski definition) is 1. The third kappa shape index (κ3) is 2.59. The number of halogens is 1. The second-order valence-electron chi connectivity index (χ2n) is 4.27. The van der Waals surface area contributed by atoms with Gasteiger partial charge in [0.15, 0.2) is 0 Å². The summed E-state index contributed by atoms with van der Waals surface area (Å²) < 4.78 is 1.01. The van der Waals surface area contributed by atoms with Crippen molar-refractivity contribution in [3.8, 4) is 0 Å². The van der Waals surface area contributed by atoms with Gasteiger partial charge in [0.2, 0.25) is 0 Å². The first-order valence-electron chi connectivity index (χ1n) is 6.09. The minimum atomic E-state index is -0.0491. The van der Waals surface area contributed by atoms with Gasteiger partial charge in [-0.25, -0.2) is 0 Å². The van der Waals surface area contributed by atoms with E-state index in [-0.39, 0.29) is 5.91 Å². The molecule has 0 radical (unpaired) electrons. The molecule has 0 saturated heterocycles. The molecule has 3 nitrogen and oxygen atoms in total. The molecular formula is C15H11BrN2OS. The largest absolute Gasteiger partial charge is 0.347 e. The summed E-state index contributed by atoms with van der Waals surface area (Å²) in [6.07, 6.45) is 1.76. The lowest BCUT2D eigenvalue weighted by molar-refractivity contribution is 0.0955. The first-order valence-corrected chi connectivity index (χ1v) is 7.77. The number of thiophene rings is 1. The summed E-state index contributed by atoms with van der Waals surface area (Å²) in [4.78, 5) is 17.1. The topological polar surface area (TPSA) is 42.0 Å². The van der Waals surface area contributed by atoms with Crippen molar-refractivity contribution in [2.75, 3.05) is 0 Å². The molecule has 0 atom stereocenters. The van der Waals surface area contributed by atoms with Crippen LogP contribution in [-0.2, 0) is 6.54 Å². The lowest BCUT2D eigenvalue weighted by Crippen LogP contribution is -2.22. The molecule has 0 aliphatic rings. The molecule has 0 aliphatic carbocycles. The molecular weight excluding hydrogens is 336 g/mol. The van der Waals surface area contributed by atoms with Gasteiger partial charge in [0.05, 0.1) is 10.4 Å². The van der Waals surface area contributed by atoms with Crippen LogP contribution in [0.25, 0.3) is 10.9 Å². The average molecular weight is 347 g/mol. The van der Waals surface area contributed by atoms with Gasteiger partial charge in [0.25, 0.3) is 5.91 Å². The van der Waals surface area contributed by atoms with Crippen LogP contribution in [0, 0.1) is 0 Å². The first-order chi connectivity index (χ1) is 9.75. The van der Waals surface area contributed by atoms with E-state index in [2.05, 4.69) is 26.2 Å². The monoisotopic (exact) mass is 346 g/mol. The van der Waals surface area contributed by atoms with Gasteiger partial charge < -0.3 is 5.32 Å². The molecule has 0 fully saturated rings. The zero-order valence-electron chi connectivity index (χ0n) is 10.5. The Morgan fingerprint density at radius 1 is 1.25 bits per heavy atom. The lowest BCUT2D eigenvalue weighted by atomic mass is 10.1. The Labute approximate surface area is 128 Å². The third-order valence-electron chi connectivity index (χ3n) is 2.98. The molecule has 3 rings (SSSR count). The SMILES string of the molecule is O=C(NCc1ccc(Br)c2cccnc12)c1cccs1. The number of amides is 1. The van der Waals surface area contributed by atoms with Crippen molar-refractivity contribution < 1.29 is 4.79 Å². The molecule has 1 amide bonds. The van der Waals surface area contributed by atoms with Gasteiger partial charge in [-0.1, -0.05) is 34.1 Å². The predicted molar refractivity (Wildman–Crippen MR) is 84.9 cm³/mol. The number of pyridine rings is 1. The zero-order valence-corrected chi connectivity index (χ0v) is 12.9. The Balaban J connectivity index is 1.85. The van der Waals surface area contributed by atoms with E-state index in [1.54, 1.807) is 6.20 Å². The highest BCUT2D eigenvalue weighted by Crippen LogP contribution is 2.25. The smallest absolute Gasteiger partial charge is 0.261 e. The molecule has 20 heavy (non-hydrogen) atoms. The quantitative estimate of drug-likeness (QED) is 0.778. The number of hydrogen-bond acceptors (Lipinski definition) is 3. The number of aromatic nitrogens is 1. The number of benzene rings is 1. The van der Waals surface area contributed by atoms with E-state index in [0.29, 0.717) is 6.54 Å². The summed E-state index contributed by atoms with van der Waals surface area (Å²) in [7, 11) is 0. The Morgan fingerprint density at radius 2 is 2.15 bits per heavy atom. The van der Waals surface area contributed by atoms with Crippen LogP contribution in [0.4, 0.5) is 0 Å². The van der Waals surface area contributed by atoms with Gasteiger partial charge in [-0.3, -0.25) is 9.78 Å². The number of carbonyl (C=O) groups is 1. The fourth-order valence-electron chi connectivity index (χ4n) is 2.01. The molecule has 0 unspecified atom stereocenters. The minimum Gasteiger partial charge on any atom is -0.347 e. The second kappa shape index (κ2) is 5.73. The maximum Gasteiger partial charge on any atom is 0.261 e. The van der Waals surface area contributed by atoms with Gasteiger partial charge in [-0.2, -0.15) is 0 Å². The fraction of sp³-hybridized carbons (Fsp3) is 0.0667. The summed E-state index contributed by atoms with van der Waals surface area (Å²) in [5.41, 5.74) is 1.92. The zero-order chi connectivity index (χ0) is 13.9. The molecule has 0 aliphatic heterocycles. The van der Waals surface area contributed by atoms with Crippen LogP contribution in [0.3, 0.4) is 0 Å². The molecule has 3 aromatic rings. The van der Waals surface area contributed by atoms with Crippen LogP contribution >= 0.6 is 27.3 Å². The van der Waals surface area contributed by atoms with Gasteiger partial charge in [-0.15, -0.1) is 11.3 Å². The molecule has 5 heteroatoms. The Morgan fingerprint density at radius 3 is 2.95 bits per heavy atom. The predicted octanol–water partition coefficient (Wildman–Crippen LogP) is 3.99. The number of nitrogens with one attached hydrogen (secondary N) is 1. The number of rotatable bonds is 3. The highest BCUT2D eigenvalue weighted by Gasteiger charge is 2.09. The molecule has 100 valence electrons. The van der Waals surface area contributed by atoms with Crippen molar-refractivity contribution in [1.82, 2.24) is 10.3 Å². The standard InChI is InChI=1S/C15H11BrN2OS/c16-12-6-5-10(14-11(12)3-1-7-17-14)9-18-15(19)13-4-2-8-20-13/h1-8H,9H2,(H,18,19). The third-order valence-corrected chi connectivity index (χ3v) is 4.54. The van der Waals surface area contributed by atoms with Crippen LogP contribution in [0.2, 0.25) is 0 Å². The van der Waals surface area contributed by atoms with Crippen LogP contribution in [0.1, 0.15) is 15.2 Å². The van der Waals surface area contributed by atoms with Crippen LogP contribution < -0.4 is 5.32 Å². The summed E-state index contributed by atoms with van der Waals surface area (Å²) in [5.74, 6) is -0.0491. The number of carbonyl (C=O) groups excluding carboxylic acids is 1. The molecule has 0 bridgehead atoms. The van der Waals surface area contributed by atoms with Crippen LogP contribution in [0.15, 0.2) is 52.4 Å². The summed E-state index contributed by atoms with van der Waals surface area (Å²) in [6, 6.07) is 11.6. The molecule has 0 spiro atoms. The van der Waals surface area contributed by atoms with Crippen LogP contribution in [-0.4, -0.2) is 10.9 Å². The second-order valence-corrected chi connectivity index (χ2v) is 6.07. The average Bonchev–Trinajstić information content (AvgIpc) is 3.01. The number of nitrogens with zero attached hydrogens (tertiary/aromatic N) is 1. The normalized spacial score (nSPS) is 10.7. The van der Waals surface area contributed by atoms with Crippen molar-refractivity contribution in [2.24, 2.45) is 0 Å². The van der Waals surface area contributed by atoms with Crippen molar-refractivity contribution in [1.29, 1.82) is 0 Å². The van der Waals surface area contributed by atoms with Gasteiger partial charge >= 0.3 is 0 Å². The highest BCUT2D eigenvalue weighted by molar-refractivity contribution is 9.10. The van der Waals surface area contributed by atoms with E-state index in [0.717, 1.165) is 25.8 Å². The summed E-state index contributed by atoms with van der Waals surface area (Å²) in [5, 5.41) is 5.87. The van der Waals surface area contributed by atoms with Gasteiger partial charge in [-0.05, 0) is 29.1 Å². The van der Waals surface area contributed by atoms with E-state index in [4.69, 9.17) is 0 Å². The van der Waals surface area contributed by atoms with Crippen molar-refractivity contribution in [3.05, 3.63) is 62.9 Å². The van der Waals surface area contributed by atoms with E-state index in [1.165, 1.54) is 11.3 Å². The molecule has 1 N–H and O–H groups in total. The lowest BCUT2D eigenvalue weighted by Gasteiger charge is -2.08. The highest BCUT2D eigenvalue weighted by atomic mass is 79.9. The van der Waals surface area contributed by atoms with Crippen molar-refractivity contribution in [2.45, 2.75) is 6.54 Å². The van der Waals surface area contributed by atoms with Crippen molar-refractivity contribution >= 4 is 44.1 Å². The Bertz CT molecular complexity index is 756. The van der Waals surface area contributed by atoms with E-state index >= 15 is 0 Å². The Hall–Kier alpha value is -1.72. The maximum absolute atomic E-state index is 12.0. The van der Waals surface area contributed by atoms with Gasteiger partial charge in [0, 0.05) is 22.6 Å². The first kappa shape index (κ1) is 13.3. The minimum absolute atomic E-state index is 0.0491. The maximum atomic E-state index is 12.0. The summed E-state index contributed by atoms with van der Waals surface area (Å²) >= 11 is 4.95. The van der Waals surface area contributed by atoms with E-state index in [9.17, 15) is 4.79 Å². The molecule has 2 aromatic heterocycles. The van der Waals surface area contributed by atoms with Gasteiger partial charge in [0.1, 0.15) is 0 Å². The molecule has 2 heterocycles. The van der Waals surface area contributed by atoms with Crippen LogP contribution in [0.5, 0.6) is 0 Å². The van der Waals surface area contributed by atoms with Crippen molar-refractivity contribution in [3.63, 3.8) is 0 Å². The van der Waals surface area contributed by atoms with E-state index < -0.39 is 0 Å². The Kier molecular flexibility index (Phi) is 3.80. The molecule has 1 aromatic carbocycles.